The lowest BCUT2D eigenvalue weighted by Crippen LogP contribution is -2.41. The van der Waals surface area contributed by atoms with Gasteiger partial charge in [0.15, 0.2) is 0 Å². The Morgan fingerprint density at radius 2 is 2.00 bits per heavy atom. The molecule has 1 aromatic heterocycles. The van der Waals surface area contributed by atoms with E-state index in [0.29, 0.717) is 35.6 Å². The number of hydrogen-bond donors (Lipinski definition) is 2. The van der Waals surface area contributed by atoms with Crippen molar-refractivity contribution in [3.05, 3.63) is 58.9 Å². The van der Waals surface area contributed by atoms with Gasteiger partial charge in [0.25, 0.3) is 5.91 Å². The van der Waals surface area contributed by atoms with Crippen LogP contribution >= 0.6 is 0 Å². The van der Waals surface area contributed by atoms with Gasteiger partial charge >= 0.3 is 0 Å². The first-order chi connectivity index (χ1) is 12.3. The van der Waals surface area contributed by atoms with E-state index in [2.05, 4.69) is 20.6 Å². The molecule has 26 heavy (non-hydrogen) atoms. The van der Waals surface area contributed by atoms with Gasteiger partial charge in [-0.05, 0) is 38.5 Å². The monoisotopic (exact) mass is 358 g/mol. The summed E-state index contributed by atoms with van der Waals surface area (Å²) < 4.78 is 13.4. The van der Waals surface area contributed by atoms with E-state index >= 15 is 0 Å². The first kappa shape index (κ1) is 19.5. The van der Waals surface area contributed by atoms with Gasteiger partial charge < -0.3 is 10.6 Å². The third-order valence-corrected chi connectivity index (χ3v) is 4.22. The minimum Gasteiger partial charge on any atom is -0.355 e. The Labute approximate surface area is 152 Å². The summed E-state index contributed by atoms with van der Waals surface area (Å²) in [6.07, 6.45) is 1.87. The maximum absolute atomic E-state index is 13.4. The first-order valence-electron chi connectivity index (χ1n) is 8.34. The summed E-state index contributed by atoms with van der Waals surface area (Å²) in [6, 6.07) is 6.01. The second kappa shape index (κ2) is 8.03. The quantitative estimate of drug-likeness (QED) is 0.826. The Bertz CT molecular complexity index is 821. The zero-order chi connectivity index (χ0) is 19.3. The van der Waals surface area contributed by atoms with Crippen LogP contribution in [0.4, 0.5) is 4.39 Å². The van der Waals surface area contributed by atoms with E-state index in [0.717, 1.165) is 0 Å². The molecule has 2 N–H and O–H groups in total. The van der Waals surface area contributed by atoms with E-state index in [1.807, 2.05) is 0 Å². The van der Waals surface area contributed by atoms with E-state index in [1.165, 1.54) is 25.4 Å². The van der Waals surface area contributed by atoms with Gasteiger partial charge in [-0.25, -0.2) is 14.4 Å². The largest absolute Gasteiger partial charge is 0.355 e. The lowest BCUT2D eigenvalue weighted by Gasteiger charge is -2.24. The summed E-state index contributed by atoms with van der Waals surface area (Å²) >= 11 is 0. The fourth-order valence-corrected chi connectivity index (χ4v) is 2.56. The van der Waals surface area contributed by atoms with E-state index in [1.54, 1.807) is 32.9 Å². The molecule has 0 bridgehead atoms. The van der Waals surface area contributed by atoms with Gasteiger partial charge in [-0.2, -0.15) is 0 Å². The SMILES string of the molecule is CNC(=O)c1cnc(C)nc1CCNC(=O)C(C)(C)c1cccc(F)c1. The topological polar surface area (TPSA) is 84.0 Å². The molecule has 2 aromatic rings. The number of halogens is 1. The molecule has 138 valence electrons. The van der Waals surface area contributed by atoms with Gasteiger partial charge in [-0.3, -0.25) is 9.59 Å². The van der Waals surface area contributed by atoms with Gasteiger partial charge in [0.1, 0.15) is 11.6 Å². The number of carbonyl (C=O) groups is 2. The molecule has 1 aromatic carbocycles. The standard InChI is InChI=1S/C19H23FN4O2/c1-12-23-11-15(17(25)21-4)16(24-12)8-9-22-18(26)19(2,3)13-6-5-7-14(20)10-13/h5-7,10-11H,8-9H2,1-4H3,(H,21,25)(H,22,26). The molecule has 0 aliphatic carbocycles. The van der Waals surface area contributed by atoms with E-state index < -0.39 is 5.41 Å². The summed E-state index contributed by atoms with van der Waals surface area (Å²) in [4.78, 5) is 32.8. The molecule has 0 atom stereocenters. The average molecular weight is 358 g/mol. The molecule has 7 heteroatoms. The van der Waals surface area contributed by atoms with Crippen molar-refractivity contribution in [1.29, 1.82) is 0 Å². The molecule has 1 heterocycles. The number of hydrogen-bond acceptors (Lipinski definition) is 4. The minimum atomic E-state index is -0.882. The number of aryl methyl sites for hydroxylation is 1. The van der Waals surface area contributed by atoms with Gasteiger partial charge in [-0.15, -0.1) is 0 Å². The molecule has 2 rings (SSSR count). The van der Waals surface area contributed by atoms with Crippen molar-refractivity contribution >= 4 is 11.8 Å². The smallest absolute Gasteiger partial charge is 0.254 e. The number of nitrogens with one attached hydrogen (secondary N) is 2. The molecule has 6 nitrogen and oxygen atoms in total. The second-order valence-electron chi connectivity index (χ2n) is 6.50. The summed E-state index contributed by atoms with van der Waals surface area (Å²) in [7, 11) is 1.54. The van der Waals surface area contributed by atoms with Crippen molar-refractivity contribution in [1.82, 2.24) is 20.6 Å². The minimum absolute atomic E-state index is 0.227. The van der Waals surface area contributed by atoms with Crippen LogP contribution in [0.25, 0.3) is 0 Å². The van der Waals surface area contributed by atoms with E-state index in [4.69, 9.17) is 0 Å². The van der Waals surface area contributed by atoms with E-state index in [-0.39, 0.29) is 17.6 Å². The summed E-state index contributed by atoms with van der Waals surface area (Å²) in [5.74, 6) is -0.323. The third-order valence-electron chi connectivity index (χ3n) is 4.22. The lowest BCUT2D eigenvalue weighted by atomic mass is 9.83. The van der Waals surface area contributed by atoms with Crippen LogP contribution in [0.15, 0.2) is 30.5 Å². The highest BCUT2D eigenvalue weighted by Gasteiger charge is 2.29. The van der Waals surface area contributed by atoms with Crippen LogP contribution < -0.4 is 10.6 Å². The van der Waals surface area contributed by atoms with Crippen LogP contribution in [0.1, 0.15) is 41.3 Å². The van der Waals surface area contributed by atoms with Crippen LogP contribution in [-0.4, -0.2) is 35.4 Å². The molecule has 0 saturated carbocycles. The fourth-order valence-electron chi connectivity index (χ4n) is 2.56. The Balaban J connectivity index is 2.07. The van der Waals surface area contributed by atoms with Crippen LogP contribution in [0.3, 0.4) is 0 Å². The highest BCUT2D eigenvalue weighted by molar-refractivity contribution is 5.94. The van der Waals surface area contributed by atoms with Crippen molar-refractivity contribution in [3.8, 4) is 0 Å². The predicted octanol–water partition coefficient (Wildman–Crippen LogP) is 1.92. The molecule has 0 unspecified atom stereocenters. The molecule has 0 saturated heterocycles. The van der Waals surface area contributed by atoms with Crippen LogP contribution in [0.2, 0.25) is 0 Å². The Kier molecular flexibility index (Phi) is 6.02. The number of benzene rings is 1. The third kappa shape index (κ3) is 4.41. The second-order valence-corrected chi connectivity index (χ2v) is 6.50. The highest BCUT2D eigenvalue weighted by Crippen LogP contribution is 2.24. The molecular weight excluding hydrogens is 335 g/mol. The van der Waals surface area contributed by atoms with Gasteiger partial charge in [0, 0.05) is 26.2 Å². The normalized spacial score (nSPS) is 11.1. The van der Waals surface area contributed by atoms with Crippen molar-refractivity contribution in [2.45, 2.75) is 32.6 Å². The van der Waals surface area contributed by atoms with Crippen LogP contribution in [-0.2, 0) is 16.6 Å². The molecule has 0 aliphatic heterocycles. The number of rotatable bonds is 6. The summed E-state index contributed by atoms with van der Waals surface area (Å²) in [5.41, 5.74) is 0.671. The van der Waals surface area contributed by atoms with Crippen molar-refractivity contribution in [3.63, 3.8) is 0 Å². The molecule has 0 radical (unpaired) electrons. The number of aromatic nitrogens is 2. The van der Waals surface area contributed by atoms with E-state index in [9.17, 15) is 14.0 Å². The summed E-state index contributed by atoms with van der Waals surface area (Å²) in [5, 5.41) is 5.39. The van der Waals surface area contributed by atoms with Crippen LogP contribution in [0, 0.1) is 12.7 Å². The Morgan fingerprint density at radius 3 is 2.65 bits per heavy atom. The lowest BCUT2D eigenvalue weighted by molar-refractivity contribution is -0.125. The highest BCUT2D eigenvalue weighted by atomic mass is 19.1. The van der Waals surface area contributed by atoms with Gasteiger partial charge in [-0.1, -0.05) is 12.1 Å². The van der Waals surface area contributed by atoms with Crippen LogP contribution in [0.5, 0.6) is 0 Å². The van der Waals surface area contributed by atoms with Gasteiger partial charge in [0.05, 0.1) is 16.7 Å². The molecular formula is C19H23FN4O2. The Morgan fingerprint density at radius 1 is 1.27 bits per heavy atom. The first-order valence-corrected chi connectivity index (χ1v) is 8.34. The number of amides is 2. The number of nitrogens with zero attached hydrogens (tertiary/aromatic N) is 2. The maximum Gasteiger partial charge on any atom is 0.254 e. The average Bonchev–Trinajstić information content (AvgIpc) is 2.61. The van der Waals surface area contributed by atoms with Gasteiger partial charge in [0.2, 0.25) is 5.91 Å². The maximum atomic E-state index is 13.4. The molecule has 0 fully saturated rings. The predicted molar refractivity (Wildman–Crippen MR) is 96.3 cm³/mol. The Hall–Kier alpha value is -2.83. The molecule has 0 aliphatic rings. The van der Waals surface area contributed by atoms with Crippen molar-refractivity contribution in [2.75, 3.05) is 13.6 Å². The molecule has 0 spiro atoms. The van der Waals surface area contributed by atoms with Crippen molar-refractivity contribution < 1.29 is 14.0 Å². The zero-order valence-corrected chi connectivity index (χ0v) is 15.4. The molecule has 2 amide bonds. The van der Waals surface area contributed by atoms with Crippen molar-refractivity contribution in [2.24, 2.45) is 0 Å². The fraction of sp³-hybridized carbons (Fsp3) is 0.368. The zero-order valence-electron chi connectivity index (χ0n) is 15.4. The number of carbonyl (C=O) groups excluding carboxylic acids is 2. The summed E-state index contributed by atoms with van der Waals surface area (Å²) in [6.45, 7) is 5.52.